The maximum absolute atomic E-state index is 12.2. The zero-order valence-electron chi connectivity index (χ0n) is 13.3. The van der Waals surface area contributed by atoms with Crippen molar-refractivity contribution in [3.63, 3.8) is 0 Å². The van der Waals surface area contributed by atoms with Gasteiger partial charge in [0.15, 0.2) is 10.8 Å². The minimum absolute atomic E-state index is 0.153. The summed E-state index contributed by atoms with van der Waals surface area (Å²) >= 11 is 4.59. The fraction of sp³-hybridized carbons (Fsp3) is 0.176. The predicted molar refractivity (Wildman–Crippen MR) is 97.8 cm³/mol. The van der Waals surface area contributed by atoms with Crippen molar-refractivity contribution in [1.82, 2.24) is 15.0 Å². The first-order valence-electron chi connectivity index (χ1n) is 7.44. The summed E-state index contributed by atoms with van der Waals surface area (Å²) in [7, 11) is 0. The normalized spacial score (nSPS) is 10.5. The second kappa shape index (κ2) is 8.17. The number of thiazole rings is 1. The van der Waals surface area contributed by atoms with E-state index in [4.69, 9.17) is 9.47 Å². The zero-order valence-corrected chi connectivity index (χ0v) is 15.7. The van der Waals surface area contributed by atoms with Crippen LogP contribution in [-0.2, 0) is 4.74 Å². The summed E-state index contributed by atoms with van der Waals surface area (Å²) in [5.41, 5.74) is 0.602. The summed E-state index contributed by atoms with van der Waals surface area (Å²) in [6, 6.07) is 9.20. The van der Waals surface area contributed by atoms with E-state index in [9.17, 15) is 4.79 Å². The molecule has 0 aliphatic carbocycles. The average Bonchev–Trinajstić information content (AvgIpc) is 3.01. The SMILES string of the molecule is Cc1nc(-c2ncccn2)sc1C(=O)OCCOc1cccc(Br)c1. The zero-order chi connectivity index (χ0) is 17.6. The van der Waals surface area contributed by atoms with Crippen molar-refractivity contribution in [3.05, 3.63) is 57.8 Å². The third kappa shape index (κ3) is 4.61. The van der Waals surface area contributed by atoms with Crippen LogP contribution in [0.4, 0.5) is 0 Å². The number of carbonyl (C=O) groups is 1. The van der Waals surface area contributed by atoms with Crippen molar-refractivity contribution in [3.8, 4) is 16.6 Å². The molecule has 0 saturated carbocycles. The number of aromatic nitrogens is 3. The van der Waals surface area contributed by atoms with Crippen LogP contribution in [0.5, 0.6) is 5.75 Å². The summed E-state index contributed by atoms with van der Waals surface area (Å²) < 4.78 is 11.7. The van der Waals surface area contributed by atoms with E-state index < -0.39 is 5.97 Å². The van der Waals surface area contributed by atoms with Crippen LogP contribution in [0.1, 0.15) is 15.4 Å². The van der Waals surface area contributed by atoms with Crippen LogP contribution >= 0.6 is 27.3 Å². The molecular formula is C17H14BrN3O3S. The van der Waals surface area contributed by atoms with Gasteiger partial charge < -0.3 is 9.47 Å². The van der Waals surface area contributed by atoms with Gasteiger partial charge in [0.1, 0.15) is 23.8 Å². The number of carbonyl (C=O) groups excluding carboxylic acids is 1. The van der Waals surface area contributed by atoms with E-state index in [0.717, 1.165) is 4.47 Å². The Balaban J connectivity index is 1.56. The molecule has 0 aliphatic rings. The summed E-state index contributed by atoms with van der Waals surface area (Å²) in [4.78, 5) is 25.3. The van der Waals surface area contributed by atoms with Gasteiger partial charge in [0.2, 0.25) is 0 Å². The van der Waals surface area contributed by atoms with Crippen molar-refractivity contribution in [2.75, 3.05) is 13.2 Å². The number of hydrogen-bond donors (Lipinski definition) is 0. The highest BCUT2D eigenvalue weighted by molar-refractivity contribution is 9.10. The van der Waals surface area contributed by atoms with Gasteiger partial charge in [-0.25, -0.2) is 19.7 Å². The molecule has 0 radical (unpaired) electrons. The Kier molecular flexibility index (Phi) is 5.72. The molecule has 2 aromatic heterocycles. The molecule has 0 aliphatic heterocycles. The lowest BCUT2D eigenvalue weighted by molar-refractivity contribution is 0.0455. The Morgan fingerprint density at radius 2 is 2.00 bits per heavy atom. The summed E-state index contributed by atoms with van der Waals surface area (Å²) in [5, 5.41) is 0.593. The number of benzene rings is 1. The second-order valence-corrected chi connectivity index (χ2v) is 6.86. The van der Waals surface area contributed by atoms with Crippen molar-refractivity contribution in [1.29, 1.82) is 0 Å². The number of nitrogens with zero attached hydrogens (tertiary/aromatic N) is 3. The summed E-state index contributed by atoms with van der Waals surface area (Å²) in [5.74, 6) is 0.783. The highest BCUT2D eigenvalue weighted by Crippen LogP contribution is 2.25. The van der Waals surface area contributed by atoms with E-state index in [-0.39, 0.29) is 13.2 Å². The topological polar surface area (TPSA) is 74.2 Å². The van der Waals surface area contributed by atoms with Gasteiger partial charge in [-0.05, 0) is 31.2 Å². The molecule has 0 bridgehead atoms. The first-order chi connectivity index (χ1) is 12.1. The molecule has 1 aromatic carbocycles. The Labute approximate surface area is 157 Å². The molecule has 0 N–H and O–H groups in total. The third-order valence-electron chi connectivity index (χ3n) is 3.12. The number of rotatable bonds is 6. The van der Waals surface area contributed by atoms with Gasteiger partial charge in [0, 0.05) is 16.9 Å². The number of esters is 1. The first-order valence-corrected chi connectivity index (χ1v) is 9.05. The molecule has 0 amide bonds. The Morgan fingerprint density at radius 1 is 1.20 bits per heavy atom. The van der Waals surface area contributed by atoms with Crippen molar-refractivity contribution in [2.24, 2.45) is 0 Å². The second-order valence-electron chi connectivity index (χ2n) is 4.95. The van der Waals surface area contributed by atoms with Crippen LogP contribution in [0.2, 0.25) is 0 Å². The highest BCUT2D eigenvalue weighted by atomic mass is 79.9. The fourth-order valence-corrected chi connectivity index (χ4v) is 3.29. The van der Waals surface area contributed by atoms with Gasteiger partial charge in [-0.2, -0.15) is 0 Å². The molecule has 2 heterocycles. The lowest BCUT2D eigenvalue weighted by Gasteiger charge is -2.07. The molecule has 0 atom stereocenters. The monoisotopic (exact) mass is 419 g/mol. The summed E-state index contributed by atoms with van der Waals surface area (Å²) in [6.07, 6.45) is 3.27. The Hall–Kier alpha value is -2.32. The maximum Gasteiger partial charge on any atom is 0.350 e. The van der Waals surface area contributed by atoms with Gasteiger partial charge in [-0.3, -0.25) is 0 Å². The third-order valence-corrected chi connectivity index (χ3v) is 4.75. The van der Waals surface area contributed by atoms with Crippen LogP contribution in [0, 0.1) is 6.92 Å². The number of aryl methyl sites for hydroxylation is 1. The molecule has 128 valence electrons. The quantitative estimate of drug-likeness (QED) is 0.445. The summed E-state index contributed by atoms with van der Waals surface area (Å²) in [6.45, 7) is 2.19. The smallest absolute Gasteiger partial charge is 0.350 e. The van der Waals surface area contributed by atoms with Crippen LogP contribution in [0.25, 0.3) is 10.8 Å². The van der Waals surface area contributed by atoms with E-state index in [0.29, 0.717) is 27.2 Å². The molecule has 0 spiro atoms. The molecule has 25 heavy (non-hydrogen) atoms. The van der Waals surface area contributed by atoms with E-state index in [1.54, 1.807) is 25.4 Å². The van der Waals surface area contributed by atoms with Gasteiger partial charge in [-0.15, -0.1) is 11.3 Å². The van der Waals surface area contributed by atoms with Crippen molar-refractivity contribution in [2.45, 2.75) is 6.92 Å². The van der Waals surface area contributed by atoms with Crippen LogP contribution in [-0.4, -0.2) is 34.1 Å². The Morgan fingerprint density at radius 3 is 2.76 bits per heavy atom. The lowest BCUT2D eigenvalue weighted by atomic mass is 10.3. The minimum Gasteiger partial charge on any atom is -0.490 e. The maximum atomic E-state index is 12.2. The first kappa shape index (κ1) is 17.5. The minimum atomic E-state index is -0.421. The molecule has 0 unspecified atom stereocenters. The average molecular weight is 420 g/mol. The molecule has 3 aromatic rings. The predicted octanol–water partition coefficient (Wildman–Crippen LogP) is 3.91. The van der Waals surface area contributed by atoms with E-state index in [2.05, 4.69) is 30.9 Å². The van der Waals surface area contributed by atoms with E-state index in [1.165, 1.54) is 11.3 Å². The van der Waals surface area contributed by atoms with Crippen molar-refractivity contribution >= 4 is 33.2 Å². The molecule has 6 nitrogen and oxygen atoms in total. The number of halogens is 1. The lowest BCUT2D eigenvalue weighted by Crippen LogP contribution is -2.12. The largest absolute Gasteiger partial charge is 0.490 e. The molecular weight excluding hydrogens is 406 g/mol. The molecule has 0 fully saturated rings. The van der Waals surface area contributed by atoms with Crippen LogP contribution < -0.4 is 4.74 Å². The number of hydrogen-bond acceptors (Lipinski definition) is 7. The standard InChI is InChI=1S/C17H14BrN3O3S/c1-11-14(25-16(21-11)15-19-6-3-7-20-15)17(22)24-9-8-23-13-5-2-4-12(18)10-13/h2-7,10H,8-9H2,1H3. The fourth-order valence-electron chi connectivity index (χ4n) is 2.01. The van der Waals surface area contributed by atoms with Gasteiger partial charge in [0.25, 0.3) is 0 Å². The van der Waals surface area contributed by atoms with E-state index >= 15 is 0 Å². The van der Waals surface area contributed by atoms with Crippen molar-refractivity contribution < 1.29 is 14.3 Å². The van der Waals surface area contributed by atoms with Gasteiger partial charge in [0.05, 0.1) is 5.69 Å². The van der Waals surface area contributed by atoms with E-state index in [1.807, 2.05) is 24.3 Å². The molecule has 3 rings (SSSR count). The van der Waals surface area contributed by atoms with Gasteiger partial charge >= 0.3 is 5.97 Å². The molecule has 8 heteroatoms. The number of ether oxygens (including phenoxy) is 2. The van der Waals surface area contributed by atoms with Crippen LogP contribution in [0.15, 0.2) is 47.2 Å². The van der Waals surface area contributed by atoms with Gasteiger partial charge in [-0.1, -0.05) is 22.0 Å². The highest BCUT2D eigenvalue weighted by Gasteiger charge is 2.18. The molecule has 0 saturated heterocycles. The van der Waals surface area contributed by atoms with Crippen LogP contribution in [0.3, 0.4) is 0 Å². The Bertz CT molecular complexity index is 871.